The van der Waals surface area contributed by atoms with Crippen molar-refractivity contribution >= 4 is 28.1 Å². The van der Waals surface area contributed by atoms with Crippen LogP contribution in [0.25, 0.3) is 10.8 Å². The van der Waals surface area contributed by atoms with Crippen LogP contribution in [-0.2, 0) is 0 Å². The van der Waals surface area contributed by atoms with Crippen LogP contribution in [0, 0.1) is 0 Å². The van der Waals surface area contributed by atoms with E-state index in [1.807, 2.05) is 25.1 Å². The van der Waals surface area contributed by atoms with Gasteiger partial charge in [-0.15, -0.1) is 0 Å². The van der Waals surface area contributed by atoms with E-state index in [1.165, 1.54) is 0 Å². The molecule has 0 fully saturated rings. The molecule has 0 amide bonds. The average Bonchev–Trinajstić information content (AvgIpc) is 2.17. The standard InChI is InChI=1S/C12H12ClNO/c1-2-14-11-7-9(15)6-8-4-3-5-10(13)12(8)11/h3-7,14-15H,2H2,1H3. The van der Waals surface area contributed by atoms with Gasteiger partial charge in [-0.1, -0.05) is 23.7 Å². The van der Waals surface area contributed by atoms with Crippen LogP contribution in [0.1, 0.15) is 6.92 Å². The quantitative estimate of drug-likeness (QED) is 0.812. The minimum absolute atomic E-state index is 0.251. The first kappa shape index (κ1) is 10.1. The van der Waals surface area contributed by atoms with Crippen molar-refractivity contribution in [2.75, 3.05) is 11.9 Å². The van der Waals surface area contributed by atoms with Crippen molar-refractivity contribution in [1.82, 2.24) is 0 Å². The summed E-state index contributed by atoms with van der Waals surface area (Å²) in [6.45, 7) is 2.80. The van der Waals surface area contributed by atoms with Gasteiger partial charge in [-0.3, -0.25) is 0 Å². The summed E-state index contributed by atoms with van der Waals surface area (Å²) in [5, 5.41) is 15.3. The highest BCUT2D eigenvalue weighted by atomic mass is 35.5. The maximum Gasteiger partial charge on any atom is 0.118 e. The molecule has 0 saturated carbocycles. The van der Waals surface area contributed by atoms with Crippen LogP contribution in [0.4, 0.5) is 5.69 Å². The second kappa shape index (κ2) is 3.99. The van der Waals surface area contributed by atoms with Gasteiger partial charge in [-0.05, 0) is 24.4 Å². The van der Waals surface area contributed by atoms with E-state index in [0.717, 1.165) is 23.0 Å². The molecule has 2 nitrogen and oxygen atoms in total. The number of rotatable bonds is 2. The Morgan fingerprint density at radius 1 is 1.33 bits per heavy atom. The van der Waals surface area contributed by atoms with Gasteiger partial charge in [0, 0.05) is 23.7 Å². The van der Waals surface area contributed by atoms with Crippen LogP contribution in [0.15, 0.2) is 30.3 Å². The monoisotopic (exact) mass is 221 g/mol. The summed E-state index contributed by atoms with van der Waals surface area (Å²) >= 11 is 6.13. The number of fused-ring (bicyclic) bond motifs is 1. The van der Waals surface area contributed by atoms with E-state index in [2.05, 4.69) is 5.32 Å². The smallest absolute Gasteiger partial charge is 0.118 e. The predicted octanol–water partition coefficient (Wildman–Crippen LogP) is 3.63. The summed E-state index contributed by atoms with van der Waals surface area (Å²) in [5.74, 6) is 0.251. The molecule has 0 unspecified atom stereocenters. The fraction of sp³-hybridized carbons (Fsp3) is 0.167. The third-order valence-electron chi connectivity index (χ3n) is 2.28. The molecule has 0 aliphatic carbocycles. The molecule has 0 aromatic heterocycles. The molecule has 2 rings (SSSR count). The molecule has 0 radical (unpaired) electrons. The molecule has 0 bridgehead atoms. The lowest BCUT2D eigenvalue weighted by Crippen LogP contribution is -1.97. The van der Waals surface area contributed by atoms with Crippen molar-refractivity contribution in [3.63, 3.8) is 0 Å². The Labute approximate surface area is 93.5 Å². The van der Waals surface area contributed by atoms with Crippen molar-refractivity contribution in [2.24, 2.45) is 0 Å². The van der Waals surface area contributed by atoms with E-state index >= 15 is 0 Å². The Bertz CT molecular complexity index is 496. The Balaban J connectivity index is 2.76. The molecular weight excluding hydrogens is 210 g/mol. The van der Waals surface area contributed by atoms with Gasteiger partial charge in [0.2, 0.25) is 0 Å². The largest absolute Gasteiger partial charge is 0.508 e. The first-order valence-corrected chi connectivity index (χ1v) is 5.25. The van der Waals surface area contributed by atoms with Crippen LogP contribution in [0.3, 0.4) is 0 Å². The molecule has 15 heavy (non-hydrogen) atoms. The lowest BCUT2D eigenvalue weighted by molar-refractivity contribution is 0.476. The van der Waals surface area contributed by atoms with Crippen LogP contribution < -0.4 is 5.32 Å². The minimum atomic E-state index is 0.251. The summed E-state index contributed by atoms with van der Waals surface area (Å²) in [6.07, 6.45) is 0. The zero-order valence-electron chi connectivity index (χ0n) is 8.42. The van der Waals surface area contributed by atoms with Crippen LogP contribution in [0.5, 0.6) is 5.75 Å². The van der Waals surface area contributed by atoms with Crippen molar-refractivity contribution in [1.29, 1.82) is 0 Å². The van der Waals surface area contributed by atoms with Gasteiger partial charge in [-0.2, -0.15) is 0 Å². The highest BCUT2D eigenvalue weighted by Gasteiger charge is 2.06. The summed E-state index contributed by atoms with van der Waals surface area (Å²) in [6, 6.07) is 9.06. The summed E-state index contributed by atoms with van der Waals surface area (Å²) in [7, 11) is 0. The fourth-order valence-corrected chi connectivity index (χ4v) is 1.98. The zero-order chi connectivity index (χ0) is 10.8. The maximum absolute atomic E-state index is 9.55. The molecule has 0 heterocycles. The number of phenolic OH excluding ortho intramolecular Hbond substituents is 1. The number of nitrogens with one attached hydrogen (secondary N) is 1. The highest BCUT2D eigenvalue weighted by Crippen LogP contribution is 2.33. The molecular formula is C12H12ClNO. The molecule has 3 heteroatoms. The molecule has 0 aliphatic rings. The first-order valence-electron chi connectivity index (χ1n) is 4.87. The minimum Gasteiger partial charge on any atom is -0.508 e. The van der Waals surface area contributed by atoms with E-state index in [9.17, 15) is 5.11 Å². The maximum atomic E-state index is 9.55. The van der Waals surface area contributed by atoms with Gasteiger partial charge in [0.05, 0.1) is 5.02 Å². The third kappa shape index (κ3) is 1.85. The van der Waals surface area contributed by atoms with Gasteiger partial charge < -0.3 is 10.4 Å². The lowest BCUT2D eigenvalue weighted by Gasteiger charge is -2.10. The van der Waals surface area contributed by atoms with E-state index in [-0.39, 0.29) is 5.75 Å². The van der Waals surface area contributed by atoms with Crippen molar-refractivity contribution in [2.45, 2.75) is 6.92 Å². The Morgan fingerprint density at radius 3 is 2.87 bits per heavy atom. The number of halogens is 1. The number of benzene rings is 2. The first-order chi connectivity index (χ1) is 7.22. The molecule has 0 spiro atoms. The fourth-order valence-electron chi connectivity index (χ4n) is 1.70. The van der Waals surface area contributed by atoms with Crippen LogP contribution in [0.2, 0.25) is 5.02 Å². The van der Waals surface area contributed by atoms with Crippen molar-refractivity contribution in [3.05, 3.63) is 35.4 Å². The van der Waals surface area contributed by atoms with Gasteiger partial charge in [0.1, 0.15) is 5.75 Å². The molecule has 2 aromatic rings. The highest BCUT2D eigenvalue weighted by molar-refractivity contribution is 6.36. The van der Waals surface area contributed by atoms with Gasteiger partial charge in [0.15, 0.2) is 0 Å². The zero-order valence-corrected chi connectivity index (χ0v) is 9.17. The third-order valence-corrected chi connectivity index (χ3v) is 2.59. The van der Waals surface area contributed by atoms with Gasteiger partial charge in [0.25, 0.3) is 0 Å². The van der Waals surface area contributed by atoms with Crippen molar-refractivity contribution in [3.8, 4) is 5.75 Å². The van der Waals surface area contributed by atoms with Crippen LogP contribution >= 0.6 is 11.6 Å². The lowest BCUT2D eigenvalue weighted by atomic mass is 10.1. The molecule has 78 valence electrons. The number of hydrogen-bond acceptors (Lipinski definition) is 2. The molecule has 0 saturated heterocycles. The Hall–Kier alpha value is -1.41. The second-order valence-electron chi connectivity index (χ2n) is 3.36. The number of hydrogen-bond donors (Lipinski definition) is 2. The number of phenols is 1. The summed E-state index contributed by atoms with van der Waals surface area (Å²) < 4.78 is 0. The van der Waals surface area contributed by atoms with E-state index in [1.54, 1.807) is 12.1 Å². The summed E-state index contributed by atoms with van der Waals surface area (Å²) in [4.78, 5) is 0. The Kier molecular flexibility index (Phi) is 2.69. The molecule has 0 atom stereocenters. The second-order valence-corrected chi connectivity index (χ2v) is 3.77. The predicted molar refractivity (Wildman–Crippen MR) is 64.8 cm³/mol. The number of anilines is 1. The number of aromatic hydroxyl groups is 1. The van der Waals surface area contributed by atoms with Gasteiger partial charge >= 0.3 is 0 Å². The average molecular weight is 222 g/mol. The van der Waals surface area contributed by atoms with E-state index in [4.69, 9.17) is 11.6 Å². The molecule has 0 aliphatic heterocycles. The molecule has 2 N–H and O–H groups in total. The van der Waals surface area contributed by atoms with Gasteiger partial charge in [-0.25, -0.2) is 0 Å². The Morgan fingerprint density at radius 2 is 2.13 bits per heavy atom. The van der Waals surface area contributed by atoms with E-state index in [0.29, 0.717) is 5.02 Å². The van der Waals surface area contributed by atoms with E-state index < -0.39 is 0 Å². The molecule has 2 aromatic carbocycles. The summed E-state index contributed by atoms with van der Waals surface area (Å²) in [5.41, 5.74) is 0.873. The van der Waals surface area contributed by atoms with Crippen molar-refractivity contribution < 1.29 is 5.11 Å². The van der Waals surface area contributed by atoms with Crippen LogP contribution in [-0.4, -0.2) is 11.7 Å². The topological polar surface area (TPSA) is 32.3 Å². The SMILES string of the molecule is CCNc1cc(O)cc2cccc(Cl)c12. The normalized spacial score (nSPS) is 10.5.